The number of benzene rings is 13. The Hall–Kier alpha value is -12.7. The molecule has 0 saturated heterocycles. The topological polar surface area (TPSA) is 66.3 Å². The molecular formula is C84H50N8. The van der Waals surface area contributed by atoms with Crippen molar-refractivity contribution in [3.05, 3.63) is 309 Å². The standard InChI is InChI=1S/C84H50N8/c85-51-53-45-83(91-79-37-33-54(87-71-25-9-1-17-58(71)59-18-2-10-26-72(59)87)46-67(79)68-47-55(34-38-80(68)91)88-73-27-11-3-19-60(73)61-20-4-12-28-74(61)88)84(50-66(53)52-41-43-86-44-42-52)92-81-39-35-56(89-75-29-13-5-21-62(75)63-22-6-14-30-76(63)89)48-69(81)70-49-57(36-40-82(70)92)90-77-31-15-7-23-64(77)65-24-8-16-32-78(65)90/h1-50H. The molecule has 13 aromatic carbocycles. The number of nitriles is 1. The normalized spacial score (nSPS) is 12.1. The molecule has 20 aromatic rings. The summed E-state index contributed by atoms with van der Waals surface area (Å²) < 4.78 is 14.5. The highest BCUT2D eigenvalue weighted by atomic mass is 15.1. The van der Waals surface area contributed by atoms with Crippen LogP contribution in [-0.2, 0) is 0 Å². The van der Waals surface area contributed by atoms with Crippen LogP contribution < -0.4 is 0 Å². The molecule has 0 amide bonds. The Labute approximate surface area is 526 Å². The van der Waals surface area contributed by atoms with Crippen LogP contribution in [0.2, 0.25) is 0 Å². The van der Waals surface area contributed by atoms with Crippen LogP contribution in [0.1, 0.15) is 5.56 Å². The van der Waals surface area contributed by atoms with Crippen molar-refractivity contribution in [1.82, 2.24) is 32.4 Å². The van der Waals surface area contributed by atoms with Gasteiger partial charge < -0.3 is 27.4 Å². The minimum absolute atomic E-state index is 0.553. The first-order chi connectivity index (χ1) is 45.6. The van der Waals surface area contributed by atoms with E-state index in [4.69, 9.17) is 0 Å². The summed E-state index contributed by atoms with van der Waals surface area (Å²) in [7, 11) is 0. The summed E-state index contributed by atoms with van der Waals surface area (Å²) in [5.41, 5.74) is 21.5. The number of rotatable bonds is 7. The van der Waals surface area contributed by atoms with Crippen molar-refractivity contribution in [3.63, 3.8) is 0 Å². The van der Waals surface area contributed by atoms with Crippen LogP contribution in [0.15, 0.2) is 304 Å². The molecule has 0 bridgehead atoms. The molecule has 0 aliphatic heterocycles. The van der Waals surface area contributed by atoms with Crippen molar-refractivity contribution >= 4 is 131 Å². The van der Waals surface area contributed by atoms with Gasteiger partial charge in [-0.25, -0.2) is 0 Å². The van der Waals surface area contributed by atoms with Crippen molar-refractivity contribution in [1.29, 1.82) is 5.26 Å². The maximum Gasteiger partial charge on any atom is 0.0998 e. The first-order valence-corrected chi connectivity index (χ1v) is 31.2. The molecule has 7 aromatic heterocycles. The van der Waals surface area contributed by atoms with Crippen LogP contribution in [0.25, 0.3) is 176 Å². The molecule has 0 aliphatic carbocycles. The van der Waals surface area contributed by atoms with E-state index in [0.29, 0.717) is 5.56 Å². The van der Waals surface area contributed by atoms with Crippen molar-refractivity contribution in [2.24, 2.45) is 0 Å². The highest BCUT2D eigenvalue weighted by molar-refractivity contribution is 6.17. The van der Waals surface area contributed by atoms with Crippen molar-refractivity contribution in [2.45, 2.75) is 0 Å². The molecule has 0 atom stereocenters. The van der Waals surface area contributed by atoms with Crippen molar-refractivity contribution < 1.29 is 0 Å². The molecule has 20 rings (SSSR count). The van der Waals surface area contributed by atoms with Gasteiger partial charge in [-0.2, -0.15) is 5.26 Å². The lowest BCUT2D eigenvalue weighted by atomic mass is 9.99. The van der Waals surface area contributed by atoms with Gasteiger partial charge in [0.05, 0.1) is 89.2 Å². The van der Waals surface area contributed by atoms with Gasteiger partial charge in [-0.05, 0) is 151 Å². The van der Waals surface area contributed by atoms with Gasteiger partial charge >= 0.3 is 0 Å². The third-order valence-electron chi connectivity index (χ3n) is 19.5. The fourth-order valence-corrected chi connectivity index (χ4v) is 15.7. The molecule has 0 aliphatic rings. The van der Waals surface area contributed by atoms with Crippen molar-refractivity contribution in [3.8, 4) is 51.3 Å². The van der Waals surface area contributed by atoms with Crippen LogP contribution >= 0.6 is 0 Å². The van der Waals surface area contributed by atoms with Gasteiger partial charge in [0.1, 0.15) is 0 Å². The highest BCUT2D eigenvalue weighted by Gasteiger charge is 2.26. The van der Waals surface area contributed by atoms with E-state index in [1.807, 2.05) is 24.5 Å². The number of hydrogen-bond donors (Lipinski definition) is 0. The smallest absolute Gasteiger partial charge is 0.0998 e. The zero-order valence-electron chi connectivity index (χ0n) is 49.4. The quantitative estimate of drug-likeness (QED) is 0.160. The lowest BCUT2D eigenvalue weighted by Gasteiger charge is -2.20. The molecule has 0 radical (unpaired) electrons. The van der Waals surface area contributed by atoms with E-state index in [0.717, 1.165) is 133 Å². The Bertz CT molecular complexity index is 6040. The maximum absolute atomic E-state index is 11.6. The molecule has 426 valence electrons. The molecule has 0 spiro atoms. The predicted octanol–water partition coefficient (Wildman–Crippen LogP) is 21.2. The van der Waals surface area contributed by atoms with Gasteiger partial charge in [-0.1, -0.05) is 146 Å². The number of nitrogens with zero attached hydrogens (tertiary/aromatic N) is 8. The average molecular weight is 1170 g/mol. The SMILES string of the molecule is N#Cc1cc(-n2c3ccc(-n4c5ccccc5c5ccccc54)cc3c3cc(-n4c5ccccc5c5ccccc54)ccc32)c(-n2c3ccc(-n4c5ccccc5c5ccccc54)cc3c3cc(-n4c5ccccc5c5ccccc54)ccc32)cc1-c1ccncc1. The molecule has 7 heterocycles. The second-order valence-corrected chi connectivity index (χ2v) is 24.2. The van der Waals surface area contributed by atoms with Gasteiger partial charge in [-0.15, -0.1) is 0 Å². The third-order valence-corrected chi connectivity index (χ3v) is 19.5. The van der Waals surface area contributed by atoms with Gasteiger partial charge in [0.15, 0.2) is 0 Å². The Balaban J connectivity index is 0.912. The second-order valence-electron chi connectivity index (χ2n) is 24.2. The van der Waals surface area contributed by atoms with Crippen molar-refractivity contribution in [2.75, 3.05) is 0 Å². The monoisotopic (exact) mass is 1170 g/mol. The van der Waals surface area contributed by atoms with E-state index in [1.54, 1.807) is 0 Å². The Morgan fingerprint density at radius 3 is 0.728 bits per heavy atom. The minimum atomic E-state index is 0.553. The largest absolute Gasteiger partial charge is 0.309 e. The van der Waals surface area contributed by atoms with E-state index in [1.165, 1.54) is 43.1 Å². The fourth-order valence-electron chi connectivity index (χ4n) is 15.7. The molecule has 0 fully saturated rings. The molecule has 8 heteroatoms. The van der Waals surface area contributed by atoms with Crippen LogP contribution in [0.5, 0.6) is 0 Å². The molecule has 8 nitrogen and oxygen atoms in total. The number of fused-ring (bicyclic) bond motifs is 18. The number of para-hydroxylation sites is 8. The van der Waals surface area contributed by atoms with Crippen LogP contribution in [-0.4, -0.2) is 32.4 Å². The third kappa shape index (κ3) is 7.01. The fraction of sp³-hybridized carbons (Fsp3) is 0. The predicted molar refractivity (Wildman–Crippen MR) is 380 cm³/mol. The lowest BCUT2D eigenvalue weighted by Crippen LogP contribution is -2.06. The summed E-state index contributed by atoms with van der Waals surface area (Å²) in [6.45, 7) is 0. The molecular weight excluding hydrogens is 1120 g/mol. The highest BCUT2D eigenvalue weighted by Crippen LogP contribution is 2.46. The Morgan fingerprint density at radius 2 is 0.467 bits per heavy atom. The van der Waals surface area contributed by atoms with Gasteiger partial charge in [-0.3, -0.25) is 4.98 Å². The summed E-state index contributed by atoms with van der Waals surface area (Å²) in [4.78, 5) is 4.46. The van der Waals surface area contributed by atoms with E-state index in [9.17, 15) is 5.26 Å². The van der Waals surface area contributed by atoms with Crippen LogP contribution in [0, 0.1) is 11.3 Å². The number of hydrogen-bond acceptors (Lipinski definition) is 2. The summed E-state index contributed by atoms with van der Waals surface area (Å²) >= 11 is 0. The van der Waals surface area contributed by atoms with E-state index >= 15 is 0 Å². The second kappa shape index (κ2) is 19.2. The number of aromatic nitrogens is 7. The summed E-state index contributed by atoms with van der Waals surface area (Å²) in [5, 5.41) is 25.6. The molecule has 0 saturated carbocycles. The summed E-state index contributed by atoms with van der Waals surface area (Å²) in [6, 6.07) is 109. The summed E-state index contributed by atoms with van der Waals surface area (Å²) in [6.07, 6.45) is 3.63. The Kier molecular flexibility index (Phi) is 10.5. The first-order valence-electron chi connectivity index (χ1n) is 31.2. The zero-order valence-corrected chi connectivity index (χ0v) is 49.4. The van der Waals surface area contributed by atoms with Crippen LogP contribution in [0.4, 0.5) is 0 Å². The zero-order chi connectivity index (χ0) is 60.3. The van der Waals surface area contributed by atoms with E-state index in [2.05, 4.69) is 318 Å². The van der Waals surface area contributed by atoms with E-state index < -0.39 is 0 Å². The van der Waals surface area contributed by atoms with E-state index in [-0.39, 0.29) is 0 Å². The maximum atomic E-state index is 11.6. The molecule has 92 heavy (non-hydrogen) atoms. The van der Waals surface area contributed by atoms with Crippen LogP contribution in [0.3, 0.4) is 0 Å². The van der Waals surface area contributed by atoms with Gasteiger partial charge in [0.2, 0.25) is 0 Å². The molecule has 0 N–H and O–H groups in total. The lowest BCUT2D eigenvalue weighted by molar-refractivity contribution is 1.09. The Morgan fingerprint density at radius 1 is 0.228 bits per heavy atom. The minimum Gasteiger partial charge on any atom is -0.309 e. The van der Waals surface area contributed by atoms with Gasteiger partial charge in [0.25, 0.3) is 0 Å². The summed E-state index contributed by atoms with van der Waals surface area (Å²) in [5.74, 6) is 0. The van der Waals surface area contributed by atoms with Gasteiger partial charge in [0, 0.05) is 105 Å². The first kappa shape index (κ1) is 50.3. The number of pyridine rings is 1. The average Bonchev–Trinajstić information content (AvgIpc) is 1.55. The molecule has 0 unspecified atom stereocenters.